The molecule has 0 bridgehead atoms. The molecule has 1 unspecified atom stereocenters. The van der Waals surface area contributed by atoms with Gasteiger partial charge in [0.1, 0.15) is 28.9 Å². The van der Waals surface area contributed by atoms with Crippen molar-refractivity contribution in [2.75, 3.05) is 0 Å². The molecular weight excluding hydrogens is 642 g/mol. The summed E-state index contributed by atoms with van der Waals surface area (Å²) in [7, 11) is 0. The number of nitrogens with zero attached hydrogens (tertiary/aromatic N) is 3. The van der Waals surface area contributed by atoms with E-state index in [0.29, 0.717) is 34.5 Å². The third-order valence-corrected chi connectivity index (χ3v) is 10.3. The molecule has 2 aliphatic carbocycles. The first-order valence-corrected chi connectivity index (χ1v) is 17.6. The molecule has 10 nitrogen and oxygen atoms in total. The van der Waals surface area contributed by atoms with Crippen molar-refractivity contribution in [3.8, 4) is 22.4 Å². The zero-order valence-electron chi connectivity index (χ0n) is 29.2. The Labute approximate surface area is 290 Å². The van der Waals surface area contributed by atoms with E-state index in [4.69, 9.17) is 9.47 Å². The van der Waals surface area contributed by atoms with Gasteiger partial charge in [-0.1, -0.05) is 48.5 Å². The second-order valence-corrected chi connectivity index (χ2v) is 16.4. The number of benzene rings is 2. The standard InChI is InChI=1S/C38H44F2N6O4/c1-37(2,3)49-35(47)45-25-15-23(25)17-27(45)33-41-29(31(39)43-33)21-11-7-19(8-12-21)20-9-13-22(14-10-20)30-32(40)44-34(42-30)28-18-24-16-26(24)46(28)36(48)50-38(4,5)6/h7-14,23-28,33,41,43H,15-18H2,1-6H3,(H,42,44)/t23-,24-,25-,26-,27+,28+,33?/m1/s1. The van der Waals surface area contributed by atoms with Crippen molar-refractivity contribution in [2.45, 2.75) is 109 Å². The summed E-state index contributed by atoms with van der Waals surface area (Å²) < 4.78 is 41.9. The molecule has 3 aliphatic heterocycles. The quantitative estimate of drug-likeness (QED) is 0.239. The highest BCUT2D eigenvalue weighted by Gasteiger charge is 2.58. The lowest BCUT2D eigenvalue weighted by Gasteiger charge is -2.34. The van der Waals surface area contributed by atoms with Crippen molar-refractivity contribution in [3.63, 3.8) is 0 Å². The summed E-state index contributed by atoms with van der Waals surface area (Å²) in [6.45, 7) is 11.0. The number of carbonyl (C=O) groups excluding carboxylic acids is 2. The van der Waals surface area contributed by atoms with Crippen LogP contribution in [0.4, 0.5) is 18.4 Å². The topological polar surface area (TPSA) is 112 Å². The van der Waals surface area contributed by atoms with Gasteiger partial charge in [-0.3, -0.25) is 9.80 Å². The number of ether oxygens (including phenoxy) is 2. The number of aromatic amines is 1. The van der Waals surface area contributed by atoms with E-state index < -0.39 is 35.4 Å². The van der Waals surface area contributed by atoms with Crippen molar-refractivity contribution in [2.24, 2.45) is 11.8 Å². The van der Waals surface area contributed by atoms with E-state index in [2.05, 4.69) is 20.6 Å². The van der Waals surface area contributed by atoms with Gasteiger partial charge in [0.2, 0.25) is 11.9 Å². The van der Waals surface area contributed by atoms with Gasteiger partial charge in [0.25, 0.3) is 0 Å². The molecule has 2 saturated heterocycles. The summed E-state index contributed by atoms with van der Waals surface area (Å²) >= 11 is 0. The first-order chi connectivity index (χ1) is 23.6. The van der Waals surface area contributed by atoms with Crippen LogP contribution in [0.5, 0.6) is 0 Å². The maximum atomic E-state index is 15.3. The minimum atomic E-state index is -0.625. The number of hydrogen-bond donors (Lipinski definition) is 3. The summed E-state index contributed by atoms with van der Waals surface area (Å²) in [6.07, 6.45) is 2.20. The molecule has 4 heterocycles. The van der Waals surface area contributed by atoms with Crippen LogP contribution in [0.25, 0.3) is 28.1 Å². The normalized spacial score (nSPS) is 28.2. The lowest BCUT2D eigenvalue weighted by Crippen LogP contribution is -2.54. The van der Waals surface area contributed by atoms with E-state index in [1.54, 1.807) is 9.80 Å². The Balaban J connectivity index is 0.936. The largest absolute Gasteiger partial charge is 0.444 e. The number of amides is 2. The van der Waals surface area contributed by atoms with Crippen LogP contribution in [0.15, 0.2) is 54.5 Å². The molecular formula is C38H44F2N6O4. The molecule has 7 atom stereocenters. The summed E-state index contributed by atoms with van der Waals surface area (Å²) in [5.74, 6) is 0.235. The Morgan fingerprint density at radius 1 is 0.700 bits per heavy atom. The highest BCUT2D eigenvalue weighted by Crippen LogP contribution is 2.54. The molecule has 3 aromatic rings. The van der Waals surface area contributed by atoms with E-state index in [-0.39, 0.29) is 36.0 Å². The summed E-state index contributed by atoms with van der Waals surface area (Å²) in [6, 6.07) is 14.7. The number of piperidine rings is 2. The third kappa shape index (κ3) is 6.06. The van der Waals surface area contributed by atoms with Crippen molar-refractivity contribution in [3.05, 3.63) is 71.8 Å². The molecule has 0 spiro atoms. The fourth-order valence-electron chi connectivity index (χ4n) is 7.89. The minimum absolute atomic E-state index is 0.111. The van der Waals surface area contributed by atoms with Crippen LogP contribution in [0, 0.1) is 17.8 Å². The van der Waals surface area contributed by atoms with Crippen molar-refractivity contribution >= 4 is 17.9 Å². The average molecular weight is 687 g/mol. The fourth-order valence-corrected chi connectivity index (χ4v) is 7.89. The molecule has 4 fully saturated rings. The average Bonchev–Trinajstić information content (AvgIpc) is 3.73. The zero-order chi connectivity index (χ0) is 35.3. The number of halogens is 2. The van der Waals surface area contributed by atoms with Crippen LogP contribution in [-0.2, 0) is 9.47 Å². The molecule has 5 aliphatic rings. The number of aromatic nitrogens is 2. The first kappa shape index (κ1) is 32.6. The molecule has 0 radical (unpaired) electrons. The zero-order valence-corrected chi connectivity index (χ0v) is 29.2. The molecule has 264 valence electrons. The number of rotatable bonds is 5. The van der Waals surface area contributed by atoms with Gasteiger partial charge >= 0.3 is 12.2 Å². The van der Waals surface area contributed by atoms with E-state index >= 15 is 8.78 Å². The van der Waals surface area contributed by atoms with Crippen molar-refractivity contribution in [1.82, 2.24) is 30.4 Å². The van der Waals surface area contributed by atoms with Gasteiger partial charge in [0, 0.05) is 23.2 Å². The predicted octanol–water partition coefficient (Wildman–Crippen LogP) is 7.47. The number of H-pyrrole nitrogens is 1. The summed E-state index contributed by atoms with van der Waals surface area (Å²) in [5, 5.41) is 6.23. The van der Waals surface area contributed by atoms with E-state index in [0.717, 1.165) is 36.8 Å². The highest BCUT2D eigenvalue weighted by atomic mass is 19.1. The Hall–Kier alpha value is -4.61. The van der Waals surface area contributed by atoms with Crippen molar-refractivity contribution < 1.29 is 27.8 Å². The van der Waals surface area contributed by atoms with E-state index in [1.807, 2.05) is 90.1 Å². The van der Waals surface area contributed by atoms with E-state index in [1.165, 1.54) is 0 Å². The molecule has 2 aromatic carbocycles. The molecule has 2 amide bonds. The number of likely N-dealkylation sites (tertiary alicyclic amines) is 2. The molecule has 1 aromatic heterocycles. The van der Waals surface area contributed by atoms with Crippen molar-refractivity contribution in [1.29, 1.82) is 0 Å². The summed E-state index contributed by atoms with van der Waals surface area (Å²) in [5.41, 5.74) is 2.44. The predicted molar refractivity (Wildman–Crippen MR) is 183 cm³/mol. The highest BCUT2D eigenvalue weighted by molar-refractivity contribution is 5.75. The fraction of sp³-hybridized carbons (Fsp3) is 0.500. The van der Waals surface area contributed by atoms with Crippen LogP contribution in [0.2, 0.25) is 0 Å². The lowest BCUT2D eigenvalue weighted by atomic mass is 10.0. The van der Waals surface area contributed by atoms with Crippen LogP contribution >= 0.6 is 0 Å². The second kappa shape index (κ2) is 11.5. The van der Waals surface area contributed by atoms with Crippen LogP contribution in [0.1, 0.15) is 84.7 Å². The monoisotopic (exact) mass is 686 g/mol. The van der Waals surface area contributed by atoms with Gasteiger partial charge in [-0.2, -0.15) is 8.78 Å². The lowest BCUT2D eigenvalue weighted by molar-refractivity contribution is 0.0143. The van der Waals surface area contributed by atoms with Gasteiger partial charge in [0.15, 0.2) is 0 Å². The minimum Gasteiger partial charge on any atom is -0.444 e. The second-order valence-electron chi connectivity index (χ2n) is 16.4. The Kier molecular flexibility index (Phi) is 7.47. The number of carbonyl (C=O) groups is 2. The Bertz CT molecular complexity index is 1860. The summed E-state index contributed by atoms with van der Waals surface area (Å²) in [4.78, 5) is 37.0. The maximum absolute atomic E-state index is 15.3. The smallest absolute Gasteiger partial charge is 0.411 e. The molecule has 12 heteroatoms. The van der Waals surface area contributed by atoms with Gasteiger partial charge in [0.05, 0.1) is 17.8 Å². The van der Waals surface area contributed by atoms with E-state index in [9.17, 15) is 9.59 Å². The number of nitrogens with one attached hydrogen (secondary N) is 3. The SMILES string of the molecule is CC(C)(C)OC(=O)N1[C@@H]2C[C@@H]2C[C@H]1c1nc(-c2ccc(-c3ccc(C4=C(F)NC([C@@H]5C[C@H]6C[C@H]6N5C(=O)OC(C)(C)C)N4)cc3)cc2)c(F)[nH]1. The van der Waals surface area contributed by atoms with Gasteiger partial charge in [-0.05, 0) is 90.2 Å². The van der Waals surface area contributed by atoms with Crippen LogP contribution in [-0.4, -0.2) is 67.4 Å². The van der Waals surface area contributed by atoms with Gasteiger partial charge in [-0.25, -0.2) is 14.6 Å². The molecule has 8 rings (SSSR count). The number of imidazole rings is 1. The third-order valence-electron chi connectivity index (χ3n) is 10.3. The molecule has 2 saturated carbocycles. The number of hydrogen-bond acceptors (Lipinski definition) is 7. The Morgan fingerprint density at radius 2 is 1.20 bits per heavy atom. The molecule has 3 N–H and O–H groups in total. The first-order valence-electron chi connectivity index (χ1n) is 17.6. The van der Waals surface area contributed by atoms with Gasteiger partial charge in [-0.15, -0.1) is 0 Å². The van der Waals surface area contributed by atoms with Crippen LogP contribution in [0.3, 0.4) is 0 Å². The number of fused-ring (bicyclic) bond motifs is 2. The van der Waals surface area contributed by atoms with Crippen LogP contribution < -0.4 is 10.6 Å². The Morgan fingerprint density at radius 3 is 1.80 bits per heavy atom. The maximum Gasteiger partial charge on any atom is 0.411 e. The van der Waals surface area contributed by atoms with Gasteiger partial charge < -0.3 is 25.1 Å². The molecule has 50 heavy (non-hydrogen) atoms.